The molecule has 0 aromatic carbocycles. The molecule has 0 saturated carbocycles. The molecule has 0 radical (unpaired) electrons. The molecule has 0 bridgehead atoms. The fourth-order valence-electron chi connectivity index (χ4n) is 2.30. The maximum Gasteiger partial charge on any atom is 0.0655 e. The van der Waals surface area contributed by atoms with Crippen LogP contribution in [0.2, 0.25) is 0 Å². The van der Waals surface area contributed by atoms with Gasteiger partial charge in [0.15, 0.2) is 0 Å². The molecule has 0 heterocycles. The SMILES string of the molecule is CCCCCCCCC(C)C(C)(C)OC(C)C. The van der Waals surface area contributed by atoms with E-state index in [2.05, 4.69) is 41.5 Å². The van der Waals surface area contributed by atoms with E-state index in [0.717, 1.165) is 0 Å². The minimum atomic E-state index is 0.0254. The van der Waals surface area contributed by atoms with Crippen molar-refractivity contribution in [2.24, 2.45) is 5.92 Å². The Morgan fingerprint density at radius 3 is 1.94 bits per heavy atom. The molecule has 0 aromatic rings. The Kier molecular flexibility index (Phi) is 8.94. The summed E-state index contributed by atoms with van der Waals surface area (Å²) in [5.41, 5.74) is 0.0254. The highest BCUT2D eigenvalue weighted by Gasteiger charge is 2.27. The van der Waals surface area contributed by atoms with Crippen molar-refractivity contribution >= 4 is 0 Å². The van der Waals surface area contributed by atoms with Gasteiger partial charge < -0.3 is 4.74 Å². The van der Waals surface area contributed by atoms with E-state index in [9.17, 15) is 0 Å². The number of hydrogen-bond acceptors (Lipinski definition) is 1. The van der Waals surface area contributed by atoms with Crippen LogP contribution in [0.3, 0.4) is 0 Å². The largest absolute Gasteiger partial charge is 0.373 e. The van der Waals surface area contributed by atoms with Gasteiger partial charge >= 0.3 is 0 Å². The van der Waals surface area contributed by atoms with Gasteiger partial charge in [-0.2, -0.15) is 0 Å². The molecule has 1 atom stereocenters. The molecule has 0 saturated heterocycles. The zero-order valence-electron chi connectivity index (χ0n) is 13.0. The van der Waals surface area contributed by atoms with Crippen LogP contribution in [0.1, 0.15) is 86.5 Å². The summed E-state index contributed by atoms with van der Waals surface area (Å²) in [5.74, 6) is 0.649. The molecule has 0 rings (SSSR count). The van der Waals surface area contributed by atoms with E-state index >= 15 is 0 Å². The molecule has 0 N–H and O–H groups in total. The number of ether oxygens (including phenoxy) is 1. The van der Waals surface area contributed by atoms with Crippen LogP contribution in [-0.4, -0.2) is 11.7 Å². The van der Waals surface area contributed by atoms with Gasteiger partial charge in [-0.1, -0.05) is 52.4 Å². The monoisotopic (exact) mass is 242 g/mol. The second-order valence-corrected chi connectivity index (χ2v) is 6.23. The van der Waals surface area contributed by atoms with E-state index in [4.69, 9.17) is 4.74 Å². The van der Waals surface area contributed by atoms with Gasteiger partial charge in [0.1, 0.15) is 0 Å². The molecule has 0 aliphatic heterocycles. The molecule has 0 fully saturated rings. The number of hydrogen-bond donors (Lipinski definition) is 0. The second-order valence-electron chi connectivity index (χ2n) is 6.23. The summed E-state index contributed by atoms with van der Waals surface area (Å²) in [6, 6.07) is 0. The standard InChI is InChI=1S/C16H34O/c1-7-8-9-10-11-12-13-15(4)16(5,6)17-14(2)3/h14-15H,7-13H2,1-6H3. The van der Waals surface area contributed by atoms with E-state index in [0.29, 0.717) is 12.0 Å². The van der Waals surface area contributed by atoms with Crippen LogP contribution in [0.15, 0.2) is 0 Å². The highest BCUT2D eigenvalue weighted by Crippen LogP contribution is 2.27. The first kappa shape index (κ1) is 17.0. The van der Waals surface area contributed by atoms with Crippen molar-refractivity contribution in [3.63, 3.8) is 0 Å². The first-order chi connectivity index (χ1) is 7.90. The first-order valence-electron chi connectivity index (χ1n) is 7.58. The topological polar surface area (TPSA) is 9.23 Å². The molecule has 1 heteroatoms. The van der Waals surface area contributed by atoms with Gasteiger partial charge in [0.05, 0.1) is 11.7 Å². The highest BCUT2D eigenvalue weighted by molar-refractivity contribution is 4.77. The summed E-state index contributed by atoms with van der Waals surface area (Å²) >= 11 is 0. The van der Waals surface area contributed by atoms with E-state index in [1.54, 1.807) is 0 Å². The first-order valence-corrected chi connectivity index (χ1v) is 7.58. The Morgan fingerprint density at radius 2 is 1.41 bits per heavy atom. The summed E-state index contributed by atoms with van der Waals surface area (Å²) < 4.78 is 6.00. The summed E-state index contributed by atoms with van der Waals surface area (Å²) in [7, 11) is 0. The smallest absolute Gasteiger partial charge is 0.0655 e. The van der Waals surface area contributed by atoms with Crippen LogP contribution in [0.4, 0.5) is 0 Å². The van der Waals surface area contributed by atoms with E-state index in [1.807, 2.05) is 0 Å². The molecular formula is C16H34O. The number of unbranched alkanes of at least 4 members (excludes halogenated alkanes) is 5. The van der Waals surface area contributed by atoms with Gasteiger partial charge in [-0.15, -0.1) is 0 Å². The summed E-state index contributed by atoms with van der Waals surface area (Å²) in [6.45, 7) is 13.3. The Hall–Kier alpha value is -0.0400. The van der Waals surface area contributed by atoms with Crippen molar-refractivity contribution in [2.75, 3.05) is 0 Å². The van der Waals surface area contributed by atoms with Crippen molar-refractivity contribution in [3.05, 3.63) is 0 Å². The molecule has 0 amide bonds. The average molecular weight is 242 g/mol. The van der Waals surface area contributed by atoms with E-state index in [-0.39, 0.29) is 5.60 Å². The van der Waals surface area contributed by atoms with Crippen molar-refractivity contribution < 1.29 is 4.74 Å². The predicted octanol–water partition coefficient (Wildman–Crippen LogP) is 5.58. The Bertz CT molecular complexity index is 172. The fraction of sp³-hybridized carbons (Fsp3) is 1.00. The average Bonchev–Trinajstić information content (AvgIpc) is 2.21. The third kappa shape index (κ3) is 8.65. The van der Waals surface area contributed by atoms with Crippen LogP contribution in [-0.2, 0) is 4.74 Å². The van der Waals surface area contributed by atoms with Gasteiger partial charge in [-0.25, -0.2) is 0 Å². The maximum atomic E-state index is 6.00. The molecule has 1 nitrogen and oxygen atoms in total. The minimum absolute atomic E-state index is 0.0254. The lowest BCUT2D eigenvalue weighted by atomic mass is 9.87. The third-order valence-electron chi connectivity index (χ3n) is 3.72. The van der Waals surface area contributed by atoms with Crippen molar-refractivity contribution in [1.29, 1.82) is 0 Å². The predicted molar refractivity (Wildman–Crippen MR) is 77.5 cm³/mol. The normalized spacial score (nSPS) is 14.3. The Balaban J connectivity index is 3.66. The van der Waals surface area contributed by atoms with Gasteiger partial charge in [0.2, 0.25) is 0 Å². The van der Waals surface area contributed by atoms with Crippen molar-refractivity contribution in [3.8, 4) is 0 Å². The van der Waals surface area contributed by atoms with E-state index < -0.39 is 0 Å². The Morgan fingerprint density at radius 1 is 0.882 bits per heavy atom. The molecular weight excluding hydrogens is 208 g/mol. The van der Waals surface area contributed by atoms with Crippen LogP contribution >= 0.6 is 0 Å². The summed E-state index contributed by atoms with van der Waals surface area (Å²) in [6.07, 6.45) is 9.94. The molecule has 0 aliphatic carbocycles. The highest BCUT2D eigenvalue weighted by atomic mass is 16.5. The van der Waals surface area contributed by atoms with Crippen LogP contribution in [0, 0.1) is 5.92 Å². The second kappa shape index (κ2) is 8.97. The van der Waals surface area contributed by atoms with Gasteiger partial charge in [-0.3, -0.25) is 0 Å². The van der Waals surface area contributed by atoms with Gasteiger partial charge in [0.25, 0.3) is 0 Å². The van der Waals surface area contributed by atoms with Crippen LogP contribution in [0.25, 0.3) is 0 Å². The van der Waals surface area contributed by atoms with Crippen molar-refractivity contribution in [2.45, 2.75) is 98.2 Å². The van der Waals surface area contributed by atoms with Crippen LogP contribution < -0.4 is 0 Å². The maximum absolute atomic E-state index is 6.00. The lowest BCUT2D eigenvalue weighted by Crippen LogP contribution is -2.35. The lowest BCUT2D eigenvalue weighted by Gasteiger charge is -2.34. The van der Waals surface area contributed by atoms with Gasteiger partial charge in [-0.05, 0) is 40.0 Å². The van der Waals surface area contributed by atoms with Gasteiger partial charge in [0, 0.05) is 0 Å². The molecule has 17 heavy (non-hydrogen) atoms. The fourth-order valence-corrected chi connectivity index (χ4v) is 2.30. The summed E-state index contributed by atoms with van der Waals surface area (Å²) in [5, 5.41) is 0. The van der Waals surface area contributed by atoms with Crippen molar-refractivity contribution in [1.82, 2.24) is 0 Å². The van der Waals surface area contributed by atoms with Crippen LogP contribution in [0.5, 0.6) is 0 Å². The zero-order valence-corrected chi connectivity index (χ0v) is 13.0. The Labute approximate surface area is 109 Å². The number of rotatable bonds is 10. The van der Waals surface area contributed by atoms with E-state index in [1.165, 1.54) is 44.9 Å². The molecule has 0 aromatic heterocycles. The zero-order chi connectivity index (χ0) is 13.3. The quantitative estimate of drug-likeness (QED) is 0.455. The summed E-state index contributed by atoms with van der Waals surface area (Å²) in [4.78, 5) is 0. The lowest BCUT2D eigenvalue weighted by molar-refractivity contribution is -0.0899. The molecule has 0 spiro atoms. The molecule has 0 aliphatic rings. The minimum Gasteiger partial charge on any atom is -0.373 e. The molecule has 104 valence electrons. The third-order valence-corrected chi connectivity index (χ3v) is 3.72. The molecule has 1 unspecified atom stereocenters.